The minimum Gasteiger partial charge on any atom is -0.330 e. The summed E-state index contributed by atoms with van der Waals surface area (Å²) in [5, 5.41) is 3.50. The molecule has 0 fully saturated rings. The van der Waals surface area contributed by atoms with Crippen LogP contribution in [0.1, 0.15) is 26.3 Å². The molecule has 0 spiro atoms. The Hall–Kier alpha value is -0.380. The fraction of sp³-hybridized carbons (Fsp3) is 0.571. The molecule has 0 saturated heterocycles. The molecule has 3 heteroatoms. The summed E-state index contributed by atoms with van der Waals surface area (Å²) in [6, 6.07) is 8.51. The van der Waals surface area contributed by atoms with Crippen LogP contribution in [0.4, 0.5) is 0 Å². The molecule has 1 atom stereocenters. The second-order valence-electron chi connectivity index (χ2n) is 5.37. The van der Waals surface area contributed by atoms with E-state index >= 15 is 0 Å². The van der Waals surface area contributed by atoms with E-state index in [4.69, 9.17) is 5.73 Å². The quantitative estimate of drug-likeness (QED) is 0.847. The topological polar surface area (TPSA) is 38.0 Å². The minimum absolute atomic E-state index is 0.137. The Morgan fingerprint density at radius 1 is 1.41 bits per heavy atom. The summed E-state index contributed by atoms with van der Waals surface area (Å²) in [6.07, 6.45) is 0. The van der Waals surface area contributed by atoms with E-state index in [2.05, 4.69) is 66.3 Å². The summed E-state index contributed by atoms with van der Waals surface area (Å²) < 4.78 is 1.14. The number of hydrogen-bond acceptors (Lipinski definition) is 2. The summed E-state index contributed by atoms with van der Waals surface area (Å²) in [7, 11) is 0. The first kappa shape index (κ1) is 14.7. The van der Waals surface area contributed by atoms with Crippen molar-refractivity contribution in [3.63, 3.8) is 0 Å². The zero-order chi connectivity index (χ0) is 12.9. The van der Waals surface area contributed by atoms with E-state index < -0.39 is 0 Å². The molecule has 17 heavy (non-hydrogen) atoms. The first-order chi connectivity index (χ1) is 7.95. The number of halogens is 1. The van der Waals surface area contributed by atoms with Crippen LogP contribution < -0.4 is 11.1 Å². The molecule has 1 aromatic rings. The van der Waals surface area contributed by atoms with Crippen molar-refractivity contribution in [1.82, 2.24) is 5.32 Å². The van der Waals surface area contributed by atoms with Crippen LogP contribution in [0.15, 0.2) is 28.7 Å². The summed E-state index contributed by atoms with van der Waals surface area (Å²) in [6.45, 7) is 9.37. The molecule has 0 saturated carbocycles. The Balaban J connectivity index is 2.56. The van der Waals surface area contributed by atoms with E-state index in [0.717, 1.165) is 24.1 Å². The average Bonchev–Trinajstić information content (AvgIpc) is 2.28. The van der Waals surface area contributed by atoms with E-state index in [9.17, 15) is 0 Å². The van der Waals surface area contributed by atoms with Gasteiger partial charge in [-0.25, -0.2) is 0 Å². The number of rotatable bonds is 6. The second-order valence-corrected chi connectivity index (χ2v) is 6.28. The van der Waals surface area contributed by atoms with Gasteiger partial charge >= 0.3 is 0 Å². The van der Waals surface area contributed by atoms with Crippen LogP contribution in [-0.2, 0) is 5.41 Å². The van der Waals surface area contributed by atoms with Crippen molar-refractivity contribution in [3.8, 4) is 0 Å². The van der Waals surface area contributed by atoms with Gasteiger partial charge in [0.15, 0.2) is 0 Å². The molecular formula is C14H23BrN2. The average molecular weight is 299 g/mol. The van der Waals surface area contributed by atoms with Gasteiger partial charge < -0.3 is 11.1 Å². The molecule has 96 valence electrons. The van der Waals surface area contributed by atoms with Crippen LogP contribution in [0.3, 0.4) is 0 Å². The number of hydrogen-bond donors (Lipinski definition) is 2. The molecule has 0 aliphatic carbocycles. The van der Waals surface area contributed by atoms with Crippen molar-refractivity contribution < 1.29 is 0 Å². The van der Waals surface area contributed by atoms with Crippen LogP contribution in [0, 0.1) is 5.92 Å². The molecule has 1 rings (SSSR count). The highest BCUT2D eigenvalue weighted by atomic mass is 79.9. The van der Waals surface area contributed by atoms with E-state index in [1.807, 2.05) is 0 Å². The van der Waals surface area contributed by atoms with Gasteiger partial charge in [0.25, 0.3) is 0 Å². The maximum atomic E-state index is 5.61. The molecule has 0 heterocycles. The Kier molecular flexibility index (Phi) is 5.63. The molecule has 0 radical (unpaired) electrons. The largest absolute Gasteiger partial charge is 0.330 e. The molecule has 3 N–H and O–H groups in total. The van der Waals surface area contributed by atoms with Crippen molar-refractivity contribution in [1.29, 1.82) is 0 Å². The van der Waals surface area contributed by atoms with Gasteiger partial charge in [0.05, 0.1) is 0 Å². The normalized spacial score (nSPS) is 13.7. The SMILES string of the molecule is CC(CN)CNCC(C)(C)c1cccc(Br)c1. The van der Waals surface area contributed by atoms with Gasteiger partial charge in [-0.15, -0.1) is 0 Å². The summed E-state index contributed by atoms with van der Waals surface area (Å²) >= 11 is 3.52. The van der Waals surface area contributed by atoms with E-state index in [1.54, 1.807) is 0 Å². The molecule has 0 aliphatic heterocycles. The van der Waals surface area contributed by atoms with E-state index in [1.165, 1.54) is 5.56 Å². The Morgan fingerprint density at radius 3 is 2.71 bits per heavy atom. The van der Waals surface area contributed by atoms with Gasteiger partial charge in [0.2, 0.25) is 0 Å². The Bertz CT molecular complexity index is 350. The smallest absolute Gasteiger partial charge is 0.0178 e. The van der Waals surface area contributed by atoms with Crippen LogP contribution >= 0.6 is 15.9 Å². The van der Waals surface area contributed by atoms with Crippen molar-refractivity contribution in [2.24, 2.45) is 11.7 Å². The van der Waals surface area contributed by atoms with E-state index in [-0.39, 0.29) is 5.41 Å². The first-order valence-corrected chi connectivity index (χ1v) is 6.92. The minimum atomic E-state index is 0.137. The van der Waals surface area contributed by atoms with Crippen LogP contribution in [0.5, 0.6) is 0 Å². The van der Waals surface area contributed by atoms with E-state index in [0.29, 0.717) is 5.92 Å². The van der Waals surface area contributed by atoms with Crippen LogP contribution in [-0.4, -0.2) is 19.6 Å². The number of nitrogens with one attached hydrogen (secondary N) is 1. The summed E-state index contributed by atoms with van der Waals surface area (Å²) in [5.41, 5.74) is 7.09. The third kappa shape index (κ3) is 4.78. The van der Waals surface area contributed by atoms with Crippen molar-refractivity contribution in [2.45, 2.75) is 26.2 Å². The summed E-state index contributed by atoms with van der Waals surface area (Å²) in [4.78, 5) is 0. The molecule has 0 bridgehead atoms. The first-order valence-electron chi connectivity index (χ1n) is 6.12. The zero-order valence-electron chi connectivity index (χ0n) is 11.0. The molecule has 2 nitrogen and oxygen atoms in total. The van der Waals surface area contributed by atoms with Gasteiger partial charge in [-0.1, -0.05) is 48.8 Å². The lowest BCUT2D eigenvalue weighted by Gasteiger charge is -2.26. The highest BCUT2D eigenvalue weighted by molar-refractivity contribution is 9.10. The molecule has 0 aromatic heterocycles. The van der Waals surface area contributed by atoms with Crippen molar-refractivity contribution >= 4 is 15.9 Å². The zero-order valence-corrected chi connectivity index (χ0v) is 12.5. The highest BCUT2D eigenvalue weighted by Crippen LogP contribution is 2.24. The maximum absolute atomic E-state index is 5.61. The maximum Gasteiger partial charge on any atom is 0.0178 e. The summed E-state index contributed by atoms with van der Waals surface area (Å²) in [5.74, 6) is 0.535. The number of nitrogens with two attached hydrogens (primary N) is 1. The predicted octanol–water partition coefficient (Wildman–Crippen LogP) is 2.91. The standard InChI is InChI=1S/C14H23BrN2/c1-11(8-16)9-17-10-14(2,3)12-5-4-6-13(15)7-12/h4-7,11,17H,8-10,16H2,1-3H3. The third-order valence-electron chi connectivity index (χ3n) is 3.07. The van der Waals surface area contributed by atoms with Crippen molar-refractivity contribution in [2.75, 3.05) is 19.6 Å². The molecule has 1 unspecified atom stereocenters. The number of benzene rings is 1. The monoisotopic (exact) mass is 298 g/mol. The van der Waals surface area contributed by atoms with Gasteiger partial charge in [0.1, 0.15) is 0 Å². The van der Waals surface area contributed by atoms with Gasteiger partial charge in [0, 0.05) is 16.4 Å². The predicted molar refractivity (Wildman–Crippen MR) is 78.3 cm³/mol. The fourth-order valence-electron chi connectivity index (χ4n) is 1.73. The second kappa shape index (κ2) is 6.53. The lowest BCUT2D eigenvalue weighted by molar-refractivity contribution is 0.434. The molecule has 0 amide bonds. The van der Waals surface area contributed by atoms with Gasteiger partial charge in [-0.2, -0.15) is 0 Å². The van der Waals surface area contributed by atoms with Crippen molar-refractivity contribution in [3.05, 3.63) is 34.3 Å². The Morgan fingerprint density at radius 2 is 2.12 bits per heavy atom. The van der Waals surface area contributed by atoms with Gasteiger partial charge in [-0.3, -0.25) is 0 Å². The lowest BCUT2D eigenvalue weighted by atomic mass is 9.84. The molecular weight excluding hydrogens is 276 g/mol. The highest BCUT2D eigenvalue weighted by Gasteiger charge is 2.20. The molecule has 1 aromatic carbocycles. The fourth-order valence-corrected chi connectivity index (χ4v) is 2.13. The third-order valence-corrected chi connectivity index (χ3v) is 3.56. The lowest BCUT2D eigenvalue weighted by Crippen LogP contribution is -2.36. The van der Waals surface area contributed by atoms with Crippen LogP contribution in [0.25, 0.3) is 0 Å². The Labute approximate surface area is 113 Å². The molecule has 0 aliphatic rings. The van der Waals surface area contributed by atoms with Gasteiger partial charge in [-0.05, 0) is 36.7 Å². The van der Waals surface area contributed by atoms with Crippen LogP contribution in [0.2, 0.25) is 0 Å².